The highest BCUT2D eigenvalue weighted by Crippen LogP contribution is 2.38. The van der Waals surface area contributed by atoms with Crippen LogP contribution in [0.1, 0.15) is 4.88 Å². The minimum atomic E-state index is -4.40. The third-order valence-electron chi connectivity index (χ3n) is 2.90. The van der Waals surface area contributed by atoms with Gasteiger partial charge in [-0.3, -0.25) is 0 Å². The van der Waals surface area contributed by atoms with Crippen molar-refractivity contribution in [3.63, 3.8) is 0 Å². The molecule has 0 saturated carbocycles. The van der Waals surface area contributed by atoms with Crippen LogP contribution in [0.5, 0.6) is 0 Å². The first-order valence-corrected chi connectivity index (χ1v) is 6.54. The molecular weight excluding hydrogens is 310 g/mol. The van der Waals surface area contributed by atoms with Crippen LogP contribution in [0.3, 0.4) is 0 Å². The van der Waals surface area contributed by atoms with E-state index in [1.165, 1.54) is 18.3 Å². The lowest BCUT2D eigenvalue weighted by molar-refractivity contribution is -0.134. The molecule has 0 bridgehead atoms. The molecule has 0 amide bonds. The summed E-state index contributed by atoms with van der Waals surface area (Å²) in [6, 6.07) is 3.79. The fraction of sp³-hybridized carbons (Fsp3) is 0.167. The van der Waals surface area contributed by atoms with E-state index >= 15 is 0 Å². The van der Waals surface area contributed by atoms with Gasteiger partial charge in [0.15, 0.2) is 12.4 Å². The molecule has 4 nitrogen and oxygen atoms in total. The summed E-state index contributed by atoms with van der Waals surface area (Å²) in [5, 5.41) is 0. The summed E-state index contributed by atoms with van der Waals surface area (Å²) >= 11 is 0.580. The van der Waals surface area contributed by atoms with E-state index in [4.69, 9.17) is 0 Å². The standard InChI is InChI=1S/C12H7F4N3OS/c13-5-19-10-7(18-11(19)20)3-6(4-17-10)8-1-2-9(21-8)12(14,15)16/h1-4H,5H2,(H,18,20). The minimum absolute atomic E-state index is 0.124. The highest BCUT2D eigenvalue weighted by Gasteiger charge is 2.32. The Balaban J connectivity index is 2.09. The van der Waals surface area contributed by atoms with Gasteiger partial charge in [-0.25, -0.2) is 18.7 Å². The van der Waals surface area contributed by atoms with Crippen LogP contribution in [0.15, 0.2) is 29.2 Å². The predicted octanol–water partition coefficient (Wildman–Crippen LogP) is 3.40. The topological polar surface area (TPSA) is 50.7 Å². The van der Waals surface area contributed by atoms with Crippen LogP contribution in [0.2, 0.25) is 0 Å². The van der Waals surface area contributed by atoms with Gasteiger partial charge >= 0.3 is 11.9 Å². The van der Waals surface area contributed by atoms with Gasteiger partial charge in [-0.15, -0.1) is 11.3 Å². The van der Waals surface area contributed by atoms with Crippen molar-refractivity contribution >= 4 is 22.5 Å². The van der Waals surface area contributed by atoms with Gasteiger partial charge < -0.3 is 4.98 Å². The number of thiophene rings is 1. The summed E-state index contributed by atoms with van der Waals surface area (Å²) in [5.74, 6) is 0. The van der Waals surface area contributed by atoms with Crippen molar-refractivity contribution < 1.29 is 17.6 Å². The summed E-state index contributed by atoms with van der Waals surface area (Å²) < 4.78 is 51.2. The van der Waals surface area contributed by atoms with Crippen LogP contribution in [0.25, 0.3) is 21.6 Å². The molecule has 1 N–H and O–H groups in total. The lowest BCUT2D eigenvalue weighted by Crippen LogP contribution is -2.14. The zero-order valence-electron chi connectivity index (χ0n) is 10.2. The number of imidazole rings is 1. The highest BCUT2D eigenvalue weighted by atomic mass is 32.1. The molecule has 0 fully saturated rings. The van der Waals surface area contributed by atoms with Gasteiger partial charge in [0.2, 0.25) is 0 Å². The van der Waals surface area contributed by atoms with Crippen LogP contribution >= 0.6 is 11.3 Å². The molecule has 0 saturated heterocycles. The van der Waals surface area contributed by atoms with Crippen molar-refractivity contribution in [2.45, 2.75) is 13.0 Å². The molecule has 0 aromatic carbocycles. The third kappa shape index (κ3) is 2.33. The largest absolute Gasteiger partial charge is 0.425 e. The molecule has 21 heavy (non-hydrogen) atoms. The van der Waals surface area contributed by atoms with E-state index in [0.717, 1.165) is 10.6 Å². The lowest BCUT2D eigenvalue weighted by atomic mass is 10.2. The molecule has 0 aliphatic carbocycles. The highest BCUT2D eigenvalue weighted by molar-refractivity contribution is 7.15. The number of halogens is 4. The van der Waals surface area contributed by atoms with Crippen LogP contribution in [0.4, 0.5) is 17.6 Å². The van der Waals surface area contributed by atoms with E-state index in [9.17, 15) is 22.4 Å². The maximum Gasteiger partial charge on any atom is 0.425 e. The summed E-state index contributed by atoms with van der Waals surface area (Å²) in [6.07, 6.45) is -3.08. The molecule has 110 valence electrons. The van der Waals surface area contributed by atoms with Gasteiger partial charge in [-0.2, -0.15) is 13.2 Å². The Labute approximate surface area is 118 Å². The van der Waals surface area contributed by atoms with Gasteiger partial charge in [0.05, 0.1) is 5.52 Å². The number of rotatable bonds is 2. The third-order valence-corrected chi connectivity index (χ3v) is 4.08. The van der Waals surface area contributed by atoms with Crippen molar-refractivity contribution in [1.29, 1.82) is 0 Å². The zero-order chi connectivity index (χ0) is 15.2. The molecule has 3 rings (SSSR count). The average molecular weight is 317 g/mol. The van der Waals surface area contributed by atoms with E-state index in [1.807, 2.05) is 0 Å². The Kier molecular flexibility index (Phi) is 3.08. The quantitative estimate of drug-likeness (QED) is 0.737. The van der Waals surface area contributed by atoms with Gasteiger partial charge in [0.1, 0.15) is 4.88 Å². The molecule has 0 radical (unpaired) electrons. The summed E-state index contributed by atoms with van der Waals surface area (Å²) in [6.45, 7) is -1.03. The first kappa shape index (κ1) is 13.8. The molecule has 3 aromatic rings. The van der Waals surface area contributed by atoms with E-state index in [-0.39, 0.29) is 11.2 Å². The number of fused-ring (bicyclic) bond motifs is 1. The lowest BCUT2D eigenvalue weighted by Gasteiger charge is -2.01. The number of pyridine rings is 1. The van der Waals surface area contributed by atoms with Crippen molar-refractivity contribution in [2.24, 2.45) is 0 Å². The van der Waals surface area contributed by atoms with Crippen LogP contribution in [-0.4, -0.2) is 14.5 Å². The fourth-order valence-corrected chi connectivity index (χ4v) is 2.79. The molecule has 3 aromatic heterocycles. The monoisotopic (exact) mass is 317 g/mol. The number of aromatic amines is 1. The van der Waals surface area contributed by atoms with E-state index in [1.54, 1.807) is 0 Å². The van der Waals surface area contributed by atoms with E-state index < -0.39 is 23.5 Å². The Bertz CT molecular complexity index is 861. The number of aromatic nitrogens is 3. The molecule has 9 heteroatoms. The number of alkyl halides is 4. The Morgan fingerprint density at radius 1 is 1.33 bits per heavy atom. The van der Waals surface area contributed by atoms with Gasteiger partial charge in [0.25, 0.3) is 0 Å². The second-order valence-corrected chi connectivity index (χ2v) is 5.32. The smallest absolute Gasteiger partial charge is 0.304 e. The number of nitrogens with one attached hydrogen (secondary N) is 1. The predicted molar refractivity (Wildman–Crippen MR) is 69.8 cm³/mol. The average Bonchev–Trinajstić information content (AvgIpc) is 3.00. The Morgan fingerprint density at radius 2 is 2.10 bits per heavy atom. The molecule has 0 aliphatic heterocycles. The van der Waals surface area contributed by atoms with Crippen LogP contribution in [0, 0.1) is 0 Å². The molecule has 3 heterocycles. The van der Waals surface area contributed by atoms with Crippen molar-refractivity contribution in [2.75, 3.05) is 0 Å². The molecule has 0 aliphatic rings. The van der Waals surface area contributed by atoms with Gasteiger partial charge in [-0.1, -0.05) is 0 Å². The number of hydrogen-bond donors (Lipinski definition) is 1. The normalized spacial score (nSPS) is 12.2. The molecule has 0 spiro atoms. The van der Waals surface area contributed by atoms with Crippen LogP contribution < -0.4 is 5.69 Å². The first-order valence-electron chi connectivity index (χ1n) is 5.72. The van der Waals surface area contributed by atoms with Crippen LogP contribution in [-0.2, 0) is 13.0 Å². The SMILES string of the molecule is O=c1[nH]c2cc(-c3ccc(C(F)(F)F)s3)cnc2n1CF. The van der Waals surface area contributed by atoms with E-state index in [2.05, 4.69) is 9.97 Å². The number of hydrogen-bond acceptors (Lipinski definition) is 3. The fourth-order valence-electron chi connectivity index (χ4n) is 1.93. The first-order chi connectivity index (χ1) is 9.90. The number of H-pyrrole nitrogens is 1. The minimum Gasteiger partial charge on any atom is -0.304 e. The van der Waals surface area contributed by atoms with Crippen molar-refractivity contribution in [3.8, 4) is 10.4 Å². The molecular formula is C12H7F4N3OS. The van der Waals surface area contributed by atoms with E-state index in [0.29, 0.717) is 21.8 Å². The number of nitrogens with zero attached hydrogens (tertiary/aromatic N) is 2. The second-order valence-electron chi connectivity index (χ2n) is 4.23. The van der Waals surface area contributed by atoms with Crippen molar-refractivity contribution in [3.05, 3.63) is 39.8 Å². The molecule has 0 unspecified atom stereocenters. The Morgan fingerprint density at radius 3 is 2.71 bits per heavy atom. The summed E-state index contributed by atoms with van der Waals surface area (Å²) in [7, 11) is 0. The van der Waals surface area contributed by atoms with Crippen molar-refractivity contribution in [1.82, 2.24) is 14.5 Å². The van der Waals surface area contributed by atoms with Gasteiger partial charge in [-0.05, 0) is 18.2 Å². The van der Waals surface area contributed by atoms with Gasteiger partial charge in [0, 0.05) is 16.6 Å². The zero-order valence-corrected chi connectivity index (χ0v) is 11.1. The maximum atomic E-state index is 12.7. The second kappa shape index (κ2) is 4.69. The Hall–Kier alpha value is -2.16. The maximum absolute atomic E-state index is 12.7. The summed E-state index contributed by atoms with van der Waals surface area (Å²) in [5.41, 5.74) is 0.172. The summed E-state index contributed by atoms with van der Waals surface area (Å²) in [4.78, 5) is 17.4. The molecule has 0 atom stereocenters.